The van der Waals surface area contributed by atoms with E-state index in [-0.39, 0.29) is 17.1 Å². The van der Waals surface area contributed by atoms with E-state index in [2.05, 4.69) is 20.5 Å². The second-order valence-electron chi connectivity index (χ2n) is 3.35. The second kappa shape index (κ2) is 4.87. The molecule has 0 aliphatic carbocycles. The van der Waals surface area contributed by atoms with Crippen LogP contribution < -0.4 is 10.1 Å². The Bertz CT molecular complexity index is 592. The minimum Gasteiger partial charge on any atom is -0.466 e. The number of rotatable bonds is 3. The third-order valence-corrected chi connectivity index (χ3v) is 3.07. The maximum Gasteiger partial charge on any atom is 0.336 e. The number of H-pyrrole nitrogens is 1. The van der Waals surface area contributed by atoms with Crippen molar-refractivity contribution in [3.05, 3.63) is 21.9 Å². The number of methoxy groups -OCH3 is 1. The largest absolute Gasteiger partial charge is 0.466 e. The fourth-order valence-electron chi connectivity index (χ4n) is 1.33. The Labute approximate surface area is 112 Å². The summed E-state index contributed by atoms with van der Waals surface area (Å²) in [7, 11) is 3.05. The Hall–Kier alpha value is -1.73. The average molecular weight is 290 g/mol. The van der Waals surface area contributed by atoms with Crippen LogP contribution in [0.4, 0.5) is 5.95 Å². The third kappa shape index (κ3) is 2.27. The fraction of sp³-hybridized carbons (Fsp3) is 0.222. The maximum atomic E-state index is 11.9. The van der Waals surface area contributed by atoms with Crippen LogP contribution in [0.1, 0.15) is 10.5 Å². The van der Waals surface area contributed by atoms with Gasteiger partial charge in [-0.3, -0.25) is 10.1 Å². The van der Waals surface area contributed by atoms with Gasteiger partial charge >= 0.3 is 6.01 Å². The van der Waals surface area contributed by atoms with E-state index in [1.54, 1.807) is 7.05 Å². The standard InChI is InChI=1S/C9H9Cl2N5O2/c1-16-5(3-4(10)6(16)11)7(17)12-8-13-9(18-2)15-14-8/h3H,1-2H3,(H2,12,13,14,15,17). The van der Waals surface area contributed by atoms with Crippen molar-refractivity contribution in [2.24, 2.45) is 7.05 Å². The molecule has 1 amide bonds. The van der Waals surface area contributed by atoms with Gasteiger partial charge in [0.2, 0.25) is 5.95 Å². The topological polar surface area (TPSA) is 84.8 Å². The van der Waals surface area contributed by atoms with E-state index in [0.29, 0.717) is 10.7 Å². The molecule has 0 saturated heterocycles. The van der Waals surface area contributed by atoms with Crippen molar-refractivity contribution in [3.8, 4) is 6.01 Å². The number of hydrogen-bond donors (Lipinski definition) is 2. The lowest BCUT2D eigenvalue weighted by molar-refractivity contribution is 0.101. The molecule has 0 aliphatic heterocycles. The van der Waals surface area contributed by atoms with E-state index < -0.39 is 5.91 Å². The lowest BCUT2D eigenvalue weighted by Crippen LogP contribution is -2.16. The molecule has 2 aromatic rings. The molecule has 0 aromatic carbocycles. The van der Waals surface area contributed by atoms with Gasteiger partial charge in [0.05, 0.1) is 12.1 Å². The average Bonchev–Trinajstić information content (AvgIpc) is 2.89. The molecule has 7 nitrogen and oxygen atoms in total. The number of hydrogen-bond acceptors (Lipinski definition) is 4. The summed E-state index contributed by atoms with van der Waals surface area (Å²) in [6.45, 7) is 0. The third-order valence-electron chi connectivity index (χ3n) is 2.23. The quantitative estimate of drug-likeness (QED) is 0.901. The van der Waals surface area contributed by atoms with Gasteiger partial charge in [0.1, 0.15) is 10.8 Å². The van der Waals surface area contributed by atoms with Gasteiger partial charge < -0.3 is 9.30 Å². The van der Waals surface area contributed by atoms with Crippen LogP contribution in [0.2, 0.25) is 10.2 Å². The van der Waals surface area contributed by atoms with Gasteiger partial charge in [-0.25, -0.2) is 5.10 Å². The molecule has 0 atom stereocenters. The Balaban J connectivity index is 2.19. The number of carbonyl (C=O) groups is 1. The lowest BCUT2D eigenvalue weighted by Gasteiger charge is -2.03. The highest BCUT2D eigenvalue weighted by Crippen LogP contribution is 2.25. The molecule has 96 valence electrons. The van der Waals surface area contributed by atoms with Gasteiger partial charge in [-0.15, -0.1) is 5.10 Å². The SMILES string of the molecule is COc1n[nH]c(NC(=O)c2cc(Cl)c(Cl)n2C)n1. The number of aromatic amines is 1. The number of ether oxygens (including phenoxy) is 1. The zero-order valence-electron chi connectivity index (χ0n) is 9.49. The molecule has 9 heteroatoms. The van der Waals surface area contributed by atoms with Crippen molar-refractivity contribution < 1.29 is 9.53 Å². The molecule has 0 radical (unpaired) electrons. The highest BCUT2D eigenvalue weighted by molar-refractivity contribution is 6.42. The number of carbonyl (C=O) groups excluding carboxylic acids is 1. The minimum atomic E-state index is -0.412. The number of nitrogens with zero attached hydrogens (tertiary/aromatic N) is 3. The first-order chi connectivity index (χ1) is 8.52. The van der Waals surface area contributed by atoms with Gasteiger partial charge in [0.25, 0.3) is 5.91 Å². The van der Waals surface area contributed by atoms with Gasteiger partial charge in [-0.1, -0.05) is 23.2 Å². The monoisotopic (exact) mass is 289 g/mol. The number of nitrogens with one attached hydrogen (secondary N) is 2. The van der Waals surface area contributed by atoms with Crippen LogP contribution in [-0.4, -0.2) is 32.8 Å². The minimum absolute atomic E-state index is 0.133. The highest BCUT2D eigenvalue weighted by Gasteiger charge is 2.17. The lowest BCUT2D eigenvalue weighted by atomic mass is 10.4. The summed E-state index contributed by atoms with van der Waals surface area (Å²) in [6, 6.07) is 1.60. The summed E-state index contributed by atoms with van der Waals surface area (Å²) in [5.41, 5.74) is 0.306. The number of halogens is 2. The summed E-state index contributed by atoms with van der Waals surface area (Å²) >= 11 is 11.7. The van der Waals surface area contributed by atoms with Crippen molar-refractivity contribution in [3.63, 3.8) is 0 Å². The zero-order valence-corrected chi connectivity index (χ0v) is 11.0. The van der Waals surface area contributed by atoms with Crippen LogP contribution in [0.3, 0.4) is 0 Å². The first-order valence-electron chi connectivity index (χ1n) is 4.81. The zero-order chi connectivity index (χ0) is 13.3. The molecule has 0 fully saturated rings. The van der Waals surface area contributed by atoms with Gasteiger partial charge in [-0.05, 0) is 6.07 Å². The normalized spacial score (nSPS) is 10.4. The summed E-state index contributed by atoms with van der Waals surface area (Å²) in [5.74, 6) is -0.240. The van der Waals surface area contributed by atoms with Gasteiger partial charge in [0, 0.05) is 7.05 Å². The molecule has 0 bridgehead atoms. The van der Waals surface area contributed by atoms with Crippen LogP contribution in [0, 0.1) is 0 Å². The summed E-state index contributed by atoms with van der Waals surface area (Å²) < 4.78 is 6.24. The number of anilines is 1. The van der Waals surface area contributed by atoms with E-state index in [4.69, 9.17) is 27.9 Å². The first-order valence-corrected chi connectivity index (χ1v) is 5.57. The van der Waals surface area contributed by atoms with Crippen molar-refractivity contribution in [1.29, 1.82) is 0 Å². The molecule has 0 spiro atoms. The Kier molecular flexibility index (Phi) is 3.44. The van der Waals surface area contributed by atoms with E-state index in [1.165, 1.54) is 17.7 Å². The molecule has 2 rings (SSSR count). The fourth-order valence-corrected chi connectivity index (χ4v) is 1.70. The highest BCUT2D eigenvalue weighted by atomic mass is 35.5. The van der Waals surface area contributed by atoms with Crippen molar-refractivity contribution in [2.45, 2.75) is 0 Å². The predicted octanol–water partition coefficient (Wildman–Crippen LogP) is 1.71. The Morgan fingerprint density at radius 1 is 1.56 bits per heavy atom. The summed E-state index contributed by atoms with van der Waals surface area (Å²) in [5, 5.41) is 9.30. The van der Waals surface area contributed by atoms with Crippen LogP contribution in [0.25, 0.3) is 0 Å². The maximum absolute atomic E-state index is 11.9. The van der Waals surface area contributed by atoms with Crippen LogP contribution in [0.15, 0.2) is 6.07 Å². The van der Waals surface area contributed by atoms with Crippen molar-refractivity contribution >= 4 is 35.1 Å². The van der Waals surface area contributed by atoms with E-state index in [9.17, 15) is 4.79 Å². The van der Waals surface area contributed by atoms with Crippen molar-refractivity contribution in [2.75, 3.05) is 12.4 Å². The molecule has 0 aliphatic rings. The molecule has 2 aromatic heterocycles. The molecular formula is C9H9Cl2N5O2. The molecule has 2 heterocycles. The molecule has 18 heavy (non-hydrogen) atoms. The molecule has 0 unspecified atom stereocenters. The smallest absolute Gasteiger partial charge is 0.336 e. The molecule has 0 saturated carbocycles. The number of amides is 1. The summed E-state index contributed by atoms with van der Waals surface area (Å²) in [6.07, 6.45) is 0. The predicted molar refractivity (Wildman–Crippen MR) is 66.3 cm³/mol. The van der Waals surface area contributed by atoms with E-state index in [1.807, 2.05) is 0 Å². The van der Waals surface area contributed by atoms with E-state index >= 15 is 0 Å². The van der Waals surface area contributed by atoms with Crippen LogP contribution in [0.5, 0.6) is 6.01 Å². The summed E-state index contributed by atoms with van der Waals surface area (Å²) in [4.78, 5) is 15.8. The number of aromatic nitrogens is 4. The second-order valence-corrected chi connectivity index (χ2v) is 4.12. The van der Waals surface area contributed by atoms with Crippen LogP contribution in [-0.2, 0) is 7.05 Å². The van der Waals surface area contributed by atoms with Crippen molar-refractivity contribution in [1.82, 2.24) is 19.7 Å². The molecule has 2 N–H and O–H groups in total. The van der Waals surface area contributed by atoms with E-state index in [0.717, 1.165) is 0 Å². The molecular weight excluding hydrogens is 281 g/mol. The first kappa shape index (κ1) is 12.7. The van der Waals surface area contributed by atoms with Gasteiger partial charge in [0.15, 0.2) is 0 Å². The van der Waals surface area contributed by atoms with Crippen LogP contribution >= 0.6 is 23.2 Å². The Morgan fingerprint density at radius 3 is 2.78 bits per heavy atom. The van der Waals surface area contributed by atoms with Gasteiger partial charge in [-0.2, -0.15) is 4.98 Å². The Morgan fingerprint density at radius 2 is 2.28 bits per heavy atom.